The van der Waals surface area contributed by atoms with Crippen LogP contribution in [0.3, 0.4) is 0 Å². The van der Waals surface area contributed by atoms with Crippen LogP contribution in [0.15, 0.2) is 60.8 Å². The van der Waals surface area contributed by atoms with Crippen molar-refractivity contribution in [3.63, 3.8) is 0 Å². The van der Waals surface area contributed by atoms with E-state index in [1.165, 1.54) is 0 Å². The second-order valence-corrected chi connectivity index (χ2v) is 9.55. The quantitative estimate of drug-likeness (QED) is 0.246. The molecule has 0 saturated heterocycles. The summed E-state index contributed by atoms with van der Waals surface area (Å²) in [6.45, 7) is 3.64. The maximum absolute atomic E-state index is 12.9. The number of thiazole rings is 1. The molecule has 7 nitrogen and oxygen atoms in total. The van der Waals surface area contributed by atoms with Crippen LogP contribution in [0.2, 0.25) is 0 Å². The lowest BCUT2D eigenvalue weighted by atomic mass is 9.98. The number of alkyl halides is 3. The first-order chi connectivity index (χ1) is 17.5. The molecule has 0 unspecified atom stereocenters. The molecule has 1 amide bonds. The Morgan fingerprint density at radius 3 is 2.24 bits per heavy atom. The number of hydrogen-bond acceptors (Lipinski definition) is 6. The summed E-state index contributed by atoms with van der Waals surface area (Å²) in [5.41, 5.74) is 2.19. The predicted molar refractivity (Wildman–Crippen MR) is 136 cm³/mol. The Bertz CT molecular complexity index is 1420. The van der Waals surface area contributed by atoms with Gasteiger partial charge in [-0.1, -0.05) is 55.9 Å². The highest BCUT2D eigenvalue weighted by molar-refractivity contribution is 7.22. The molecular formula is C26H23F3N4O3S. The lowest BCUT2D eigenvalue weighted by Crippen LogP contribution is -2.45. The van der Waals surface area contributed by atoms with Crippen molar-refractivity contribution in [1.82, 2.24) is 15.3 Å². The number of rotatable bonds is 8. The molecule has 3 N–H and O–H groups in total. The molecule has 2 aromatic carbocycles. The van der Waals surface area contributed by atoms with E-state index in [0.717, 1.165) is 34.7 Å². The molecule has 0 aliphatic heterocycles. The van der Waals surface area contributed by atoms with Crippen LogP contribution < -0.4 is 10.6 Å². The summed E-state index contributed by atoms with van der Waals surface area (Å²) < 4.78 is 39.1. The van der Waals surface area contributed by atoms with Gasteiger partial charge < -0.3 is 15.7 Å². The normalized spacial score (nSPS) is 13.2. The second-order valence-electron chi connectivity index (χ2n) is 8.52. The Hall–Kier alpha value is -3.99. The Balaban J connectivity index is 1.43. The second kappa shape index (κ2) is 10.6. The van der Waals surface area contributed by atoms with Crippen molar-refractivity contribution in [2.45, 2.75) is 32.5 Å². The van der Waals surface area contributed by atoms with E-state index in [0.29, 0.717) is 27.5 Å². The van der Waals surface area contributed by atoms with Gasteiger partial charge in [-0.25, -0.2) is 9.78 Å². The molecule has 0 aliphatic carbocycles. The van der Waals surface area contributed by atoms with Crippen molar-refractivity contribution >= 4 is 44.4 Å². The zero-order chi connectivity index (χ0) is 26.7. The Morgan fingerprint density at radius 1 is 1.05 bits per heavy atom. The third kappa shape index (κ3) is 6.05. The standard InChI is InChI=1S/C26H23F3N4O3S/c1-3-14(2)21(24(35)36)32-23(34)17-6-4-15(5-7-17)16-8-10-19(11-9-16)31-25-33-22-20(37-25)12-18(13-30-22)26(27,28)29/h4-14,21H,3H2,1-2H3,(H,32,34)(H,35,36)(H,30,31,33)/t14-,21-/m0/s1. The molecule has 0 spiro atoms. The van der Waals surface area contributed by atoms with Crippen molar-refractivity contribution in [1.29, 1.82) is 0 Å². The molecule has 0 radical (unpaired) electrons. The Kier molecular flexibility index (Phi) is 7.44. The molecule has 2 aromatic heterocycles. The molecule has 2 heterocycles. The highest BCUT2D eigenvalue weighted by atomic mass is 32.1. The average molecular weight is 529 g/mol. The number of pyridine rings is 1. The third-order valence-electron chi connectivity index (χ3n) is 5.96. The number of nitrogens with one attached hydrogen (secondary N) is 2. The molecule has 11 heteroatoms. The van der Waals surface area contributed by atoms with Gasteiger partial charge in [0.05, 0.1) is 10.3 Å². The summed E-state index contributed by atoms with van der Waals surface area (Å²) in [4.78, 5) is 32.0. The third-order valence-corrected chi connectivity index (χ3v) is 6.86. The van der Waals surface area contributed by atoms with Gasteiger partial charge in [-0.05, 0) is 47.4 Å². The van der Waals surface area contributed by atoms with Gasteiger partial charge in [0.25, 0.3) is 5.91 Å². The van der Waals surface area contributed by atoms with E-state index in [-0.39, 0.29) is 11.6 Å². The Labute approximate surface area is 214 Å². The highest BCUT2D eigenvalue weighted by Crippen LogP contribution is 2.34. The van der Waals surface area contributed by atoms with Gasteiger partial charge in [0.2, 0.25) is 0 Å². The van der Waals surface area contributed by atoms with Gasteiger partial charge in [-0.2, -0.15) is 18.2 Å². The number of anilines is 2. The van der Waals surface area contributed by atoms with Crippen molar-refractivity contribution in [3.05, 3.63) is 71.9 Å². The number of halogens is 3. The van der Waals surface area contributed by atoms with Crippen LogP contribution in [0.4, 0.5) is 24.0 Å². The first-order valence-corrected chi connectivity index (χ1v) is 12.2. The number of aliphatic carboxylic acids is 1. The van der Waals surface area contributed by atoms with Crippen molar-refractivity contribution in [2.24, 2.45) is 5.92 Å². The minimum atomic E-state index is -4.47. The zero-order valence-electron chi connectivity index (χ0n) is 19.8. The van der Waals surface area contributed by atoms with Crippen LogP contribution in [-0.4, -0.2) is 33.0 Å². The monoisotopic (exact) mass is 528 g/mol. The number of benzene rings is 2. The largest absolute Gasteiger partial charge is 0.480 e. The molecule has 37 heavy (non-hydrogen) atoms. The fourth-order valence-corrected chi connectivity index (χ4v) is 4.50. The van der Waals surface area contributed by atoms with Crippen LogP contribution >= 0.6 is 11.3 Å². The summed E-state index contributed by atoms with van der Waals surface area (Å²) in [6.07, 6.45) is -3.08. The number of nitrogens with zero attached hydrogens (tertiary/aromatic N) is 2. The minimum absolute atomic E-state index is 0.204. The number of carboxylic acids is 1. The molecule has 0 aliphatic rings. The molecular weight excluding hydrogens is 505 g/mol. The summed E-state index contributed by atoms with van der Waals surface area (Å²) in [5, 5.41) is 15.5. The lowest BCUT2D eigenvalue weighted by molar-refractivity contribution is -0.140. The van der Waals surface area contributed by atoms with E-state index < -0.39 is 29.7 Å². The van der Waals surface area contributed by atoms with Gasteiger partial charge >= 0.3 is 12.1 Å². The van der Waals surface area contributed by atoms with Gasteiger partial charge in [0, 0.05) is 17.4 Å². The van der Waals surface area contributed by atoms with Gasteiger partial charge in [0.15, 0.2) is 10.8 Å². The fourth-order valence-electron chi connectivity index (χ4n) is 3.62. The number of carboxylic acid groups (broad SMARTS) is 1. The Morgan fingerprint density at radius 2 is 1.68 bits per heavy atom. The number of aromatic nitrogens is 2. The lowest BCUT2D eigenvalue weighted by Gasteiger charge is -2.20. The topological polar surface area (TPSA) is 104 Å². The number of fused-ring (bicyclic) bond motifs is 1. The molecule has 192 valence electrons. The first-order valence-electron chi connectivity index (χ1n) is 11.4. The van der Waals surface area contributed by atoms with Crippen molar-refractivity contribution < 1.29 is 27.9 Å². The van der Waals surface area contributed by atoms with Crippen LogP contribution in [0.25, 0.3) is 21.5 Å². The number of amides is 1. The summed E-state index contributed by atoms with van der Waals surface area (Å²) in [6, 6.07) is 14.2. The molecule has 0 saturated carbocycles. The van der Waals surface area contributed by atoms with E-state index in [9.17, 15) is 27.9 Å². The summed E-state index contributed by atoms with van der Waals surface area (Å²) in [5.74, 6) is -1.73. The smallest absolute Gasteiger partial charge is 0.417 e. The first kappa shape index (κ1) is 26.1. The van der Waals surface area contributed by atoms with Crippen LogP contribution in [-0.2, 0) is 11.0 Å². The zero-order valence-corrected chi connectivity index (χ0v) is 20.7. The van der Waals surface area contributed by atoms with E-state index in [1.807, 2.05) is 19.1 Å². The van der Waals surface area contributed by atoms with E-state index in [2.05, 4.69) is 20.6 Å². The van der Waals surface area contributed by atoms with Gasteiger partial charge in [-0.3, -0.25) is 4.79 Å². The number of hydrogen-bond donors (Lipinski definition) is 3. The van der Waals surface area contributed by atoms with E-state index in [4.69, 9.17) is 0 Å². The van der Waals surface area contributed by atoms with Crippen LogP contribution in [0.1, 0.15) is 36.2 Å². The molecule has 4 rings (SSSR count). The van der Waals surface area contributed by atoms with Crippen molar-refractivity contribution in [3.8, 4) is 11.1 Å². The summed E-state index contributed by atoms with van der Waals surface area (Å²) in [7, 11) is 0. The van der Waals surface area contributed by atoms with Crippen LogP contribution in [0.5, 0.6) is 0 Å². The molecule has 0 bridgehead atoms. The molecule has 0 fully saturated rings. The highest BCUT2D eigenvalue weighted by Gasteiger charge is 2.31. The van der Waals surface area contributed by atoms with Crippen molar-refractivity contribution in [2.75, 3.05) is 5.32 Å². The van der Waals surface area contributed by atoms with Gasteiger partial charge in [-0.15, -0.1) is 0 Å². The minimum Gasteiger partial charge on any atom is -0.480 e. The van der Waals surface area contributed by atoms with E-state index >= 15 is 0 Å². The van der Waals surface area contributed by atoms with Gasteiger partial charge in [0.1, 0.15) is 6.04 Å². The maximum atomic E-state index is 12.9. The number of carbonyl (C=O) groups excluding carboxylic acids is 1. The molecule has 4 aromatic rings. The molecule has 2 atom stereocenters. The number of carbonyl (C=O) groups is 2. The fraction of sp³-hybridized carbons (Fsp3) is 0.231. The predicted octanol–water partition coefficient (Wildman–Crippen LogP) is 6.35. The summed E-state index contributed by atoms with van der Waals surface area (Å²) >= 11 is 1.08. The average Bonchev–Trinajstić information content (AvgIpc) is 3.28. The van der Waals surface area contributed by atoms with Crippen LogP contribution in [0, 0.1) is 5.92 Å². The maximum Gasteiger partial charge on any atom is 0.417 e. The SMILES string of the molecule is CC[C@H](C)[C@H](NC(=O)c1ccc(-c2ccc(Nc3nc4ncc(C(F)(F)F)cc4s3)cc2)cc1)C(=O)O. The van der Waals surface area contributed by atoms with E-state index in [1.54, 1.807) is 43.3 Å².